The molecular formula is C9H13N3O3S. The Balaban J connectivity index is 2.89. The number of nitrogens with zero attached hydrogens (tertiary/aromatic N) is 1. The number of nitrogen functional groups attached to an aromatic ring is 1. The summed E-state index contributed by atoms with van der Waals surface area (Å²) < 4.78 is 28.5. The second-order valence-electron chi connectivity index (χ2n) is 3.26. The van der Waals surface area contributed by atoms with Gasteiger partial charge in [-0.1, -0.05) is 0 Å². The number of nitrogens with one attached hydrogen (secondary N) is 1. The van der Waals surface area contributed by atoms with Crippen LogP contribution >= 0.6 is 0 Å². The molecule has 1 aromatic rings. The van der Waals surface area contributed by atoms with Crippen molar-refractivity contribution >= 4 is 16.1 Å². The minimum atomic E-state index is -3.74. The van der Waals surface area contributed by atoms with E-state index >= 15 is 0 Å². The van der Waals surface area contributed by atoms with Gasteiger partial charge in [0, 0.05) is 19.7 Å². The first kappa shape index (κ1) is 12.5. The fourth-order valence-electron chi connectivity index (χ4n) is 0.886. The monoisotopic (exact) mass is 243 g/mol. The van der Waals surface area contributed by atoms with Gasteiger partial charge in [0.2, 0.25) is 0 Å². The predicted octanol–water partition coefficient (Wildman–Crippen LogP) is 0.156. The van der Waals surface area contributed by atoms with E-state index in [4.69, 9.17) is 15.3 Å². The topological polar surface area (TPSA) is 96.5 Å². The SMILES string of the molecule is CN(C)S(=O)(=O)Oc1ccc(C(=N)N)cc1. The lowest BCUT2D eigenvalue weighted by Crippen LogP contribution is -2.27. The van der Waals surface area contributed by atoms with Crippen LogP contribution < -0.4 is 9.92 Å². The largest absolute Gasteiger partial charge is 0.384 e. The van der Waals surface area contributed by atoms with Gasteiger partial charge in [-0.05, 0) is 24.3 Å². The van der Waals surface area contributed by atoms with Crippen molar-refractivity contribution in [1.29, 1.82) is 5.41 Å². The Morgan fingerprint density at radius 3 is 2.19 bits per heavy atom. The van der Waals surface area contributed by atoms with Crippen LogP contribution in [0, 0.1) is 5.41 Å². The summed E-state index contributed by atoms with van der Waals surface area (Å²) in [5.41, 5.74) is 5.76. The normalized spacial score (nSPS) is 11.4. The number of nitrogens with two attached hydrogens (primary N) is 1. The second kappa shape index (κ2) is 4.50. The van der Waals surface area contributed by atoms with Gasteiger partial charge in [-0.2, -0.15) is 12.7 Å². The molecule has 0 fully saturated rings. The summed E-state index contributed by atoms with van der Waals surface area (Å²) in [6, 6.07) is 5.92. The summed E-state index contributed by atoms with van der Waals surface area (Å²) in [5, 5.41) is 7.16. The molecule has 0 saturated carbocycles. The Labute approximate surface area is 94.4 Å². The number of hydrogen-bond acceptors (Lipinski definition) is 4. The molecule has 1 aromatic carbocycles. The Bertz CT molecular complexity index is 479. The summed E-state index contributed by atoms with van der Waals surface area (Å²) in [6.07, 6.45) is 0. The van der Waals surface area contributed by atoms with Gasteiger partial charge in [0.05, 0.1) is 0 Å². The maximum atomic E-state index is 11.4. The first-order chi connectivity index (χ1) is 7.33. The third-order valence-electron chi connectivity index (χ3n) is 1.81. The molecule has 0 aliphatic carbocycles. The predicted molar refractivity (Wildman–Crippen MR) is 60.7 cm³/mol. The highest BCUT2D eigenvalue weighted by atomic mass is 32.2. The van der Waals surface area contributed by atoms with Crippen LogP contribution in [0.25, 0.3) is 0 Å². The number of hydrogen-bond donors (Lipinski definition) is 2. The van der Waals surface area contributed by atoms with Crippen LogP contribution in [0.1, 0.15) is 5.56 Å². The quantitative estimate of drug-likeness (QED) is 0.581. The zero-order valence-corrected chi connectivity index (χ0v) is 9.78. The zero-order valence-electron chi connectivity index (χ0n) is 8.97. The van der Waals surface area contributed by atoms with Crippen LogP contribution in [0.3, 0.4) is 0 Å². The summed E-state index contributed by atoms with van der Waals surface area (Å²) in [6.45, 7) is 0. The highest BCUT2D eigenvalue weighted by Crippen LogP contribution is 2.14. The standard InChI is InChI=1S/C9H13N3O3S/c1-12(2)16(13,14)15-8-5-3-7(4-6-8)9(10)11/h3-6H,1-2H3,(H3,10,11). The van der Waals surface area contributed by atoms with Crippen LogP contribution in [0.2, 0.25) is 0 Å². The van der Waals surface area contributed by atoms with Crippen LogP contribution in [-0.4, -0.2) is 32.7 Å². The molecule has 0 radical (unpaired) electrons. The van der Waals surface area contributed by atoms with Gasteiger partial charge < -0.3 is 9.92 Å². The lowest BCUT2D eigenvalue weighted by molar-refractivity contribution is 0.421. The smallest absolute Gasteiger partial charge is 0.384 e. The lowest BCUT2D eigenvalue weighted by Gasteiger charge is -2.11. The average Bonchev–Trinajstić information content (AvgIpc) is 2.17. The van der Waals surface area contributed by atoms with Crippen molar-refractivity contribution in [2.24, 2.45) is 5.73 Å². The molecule has 16 heavy (non-hydrogen) atoms. The molecule has 0 bridgehead atoms. The average molecular weight is 243 g/mol. The molecule has 0 saturated heterocycles. The van der Waals surface area contributed by atoms with Crippen molar-refractivity contribution in [3.8, 4) is 5.75 Å². The van der Waals surface area contributed by atoms with Gasteiger partial charge in [0.1, 0.15) is 11.6 Å². The minimum Gasteiger partial charge on any atom is -0.384 e. The Kier molecular flexibility index (Phi) is 3.51. The molecule has 0 aliphatic heterocycles. The van der Waals surface area contributed by atoms with Crippen molar-refractivity contribution in [1.82, 2.24) is 4.31 Å². The highest BCUT2D eigenvalue weighted by Gasteiger charge is 2.15. The van der Waals surface area contributed by atoms with Gasteiger partial charge in [0.25, 0.3) is 0 Å². The van der Waals surface area contributed by atoms with Crippen LogP contribution in [-0.2, 0) is 10.3 Å². The van der Waals surface area contributed by atoms with E-state index in [0.717, 1.165) is 4.31 Å². The van der Waals surface area contributed by atoms with E-state index < -0.39 is 10.3 Å². The summed E-state index contributed by atoms with van der Waals surface area (Å²) in [4.78, 5) is 0. The first-order valence-corrected chi connectivity index (χ1v) is 5.76. The molecular weight excluding hydrogens is 230 g/mol. The molecule has 0 aliphatic rings. The fourth-order valence-corrected chi connectivity index (χ4v) is 1.39. The van der Waals surface area contributed by atoms with Gasteiger partial charge >= 0.3 is 10.3 Å². The van der Waals surface area contributed by atoms with E-state index in [1.54, 1.807) is 0 Å². The molecule has 0 heterocycles. The van der Waals surface area contributed by atoms with Crippen molar-refractivity contribution < 1.29 is 12.6 Å². The molecule has 7 heteroatoms. The molecule has 6 nitrogen and oxygen atoms in total. The molecule has 0 atom stereocenters. The molecule has 0 amide bonds. The summed E-state index contributed by atoms with van der Waals surface area (Å²) >= 11 is 0. The van der Waals surface area contributed by atoms with E-state index in [-0.39, 0.29) is 11.6 Å². The van der Waals surface area contributed by atoms with Gasteiger partial charge in [-0.3, -0.25) is 5.41 Å². The molecule has 88 valence electrons. The third kappa shape index (κ3) is 2.94. The van der Waals surface area contributed by atoms with E-state index in [9.17, 15) is 8.42 Å². The fraction of sp³-hybridized carbons (Fsp3) is 0.222. The maximum Gasteiger partial charge on any atom is 0.384 e. The van der Waals surface area contributed by atoms with Crippen LogP contribution in [0.15, 0.2) is 24.3 Å². The van der Waals surface area contributed by atoms with Crippen molar-refractivity contribution in [2.75, 3.05) is 14.1 Å². The molecule has 0 aromatic heterocycles. The second-order valence-corrected chi connectivity index (χ2v) is 5.01. The van der Waals surface area contributed by atoms with Gasteiger partial charge in [-0.25, -0.2) is 0 Å². The van der Waals surface area contributed by atoms with E-state index in [1.807, 2.05) is 0 Å². The maximum absolute atomic E-state index is 11.4. The zero-order chi connectivity index (χ0) is 12.3. The van der Waals surface area contributed by atoms with Crippen LogP contribution in [0.4, 0.5) is 0 Å². The van der Waals surface area contributed by atoms with Crippen molar-refractivity contribution in [3.05, 3.63) is 29.8 Å². The minimum absolute atomic E-state index is 0.0815. The Morgan fingerprint density at radius 2 is 1.81 bits per heavy atom. The van der Waals surface area contributed by atoms with Gasteiger partial charge in [0.15, 0.2) is 0 Å². The first-order valence-electron chi connectivity index (χ1n) is 4.39. The lowest BCUT2D eigenvalue weighted by atomic mass is 10.2. The molecule has 3 N–H and O–H groups in total. The number of rotatable bonds is 4. The Hall–Kier alpha value is -1.60. The van der Waals surface area contributed by atoms with Gasteiger partial charge in [-0.15, -0.1) is 0 Å². The third-order valence-corrected chi connectivity index (χ3v) is 3.11. The molecule has 0 spiro atoms. The highest BCUT2D eigenvalue weighted by molar-refractivity contribution is 7.84. The molecule has 1 rings (SSSR count). The van der Waals surface area contributed by atoms with Crippen LogP contribution in [0.5, 0.6) is 5.75 Å². The molecule has 0 unspecified atom stereocenters. The Morgan fingerprint density at radius 1 is 1.31 bits per heavy atom. The summed E-state index contributed by atoms with van der Waals surface area (Å²) in [7, 11) is -0.987. The number of amidine groups is 1. The van der Waals surface area contributed by atoms with Crippen molar-refractivity contribution in [2.45, 2.75) is 0 Å². The van der Waals surface area contributed by atoms with E-state index in [2.05, 4.69) is 0 Å². The van der Waals surface area contributed by atoms with E-state index in [1.165, 1.54) is 38.4 Å². The van der Waals surface area contributed by atoms with Crippen molar-refractivity contribution in [3.63, 3.8) is 0 Å². The van der Waals surface area contributed by atoms with E-state index in [0.29, 0.717) is 5.56 Å². The summed E-state index contributed by atoms with van der Waals surface area (Å²) in [5.74, 6) is 0.0979. The number of benzene rings is 1.